The van der Waals surface area contributed by atoms with E-state index in [4.69, 9.17) is 5.11 Å². The summed E-state index contributed by atoms with van der Waals surface area (Å²) in [4.78, 5) is 4.28. The molecule has 0 bridgehead atoms. The highest BCUT2D eigenvalue weighted by Gasteiger charge is 2.38. The van der Waals surface area contributed by atoms with Gasteiger partial charge in [-0.3, -0.25) is 4.40 Å². The van der Waals surface area contributed by atoms with Crippen LogP contribution in [-0.4, -0.2) is 37.0 Å². The Bertz CT molecular complexity index is 880. The highest BCUT2D eigenvalue weighted by molar-refractivity contribution is 7.99. The Morgan fingerprint density at radius 1 is 1.17 bits per heavy atom. The topological polar surface area (TPSA) is 63.3 Å². The number of halogens is 4. The minimum atomic E-state index is -4.72. The largest absolute Gasteiger partial charge is 0.452 e. The Balaban J connectivity index is 2.18. The standard InChI is InChI=1S/C14H12F4N4OS/c15-8-3-4-9-10(7-8)22-11(20-21-13(22)14(16,17)18)12(19-9)24-6-2-1-5-23/h3-4,7,23H,1-2,5-6H2. The first-order valence-corrected chi connectivity index (χ1v) is 8.05. The van der Waals surface area contributed by atoms with Crippen molar-refractivity contribution in [1.29, 1.82) is 0 Å². The van der Waals surface area contributed by atoms with Gasteiger partial charge in [0.05, 0.1) is 11.0 Å². The molecule has 0 radical (unpaired) electrons. The van der Waals surface area contributed by atoms with E-state index in [0.29, 0.717) is 18.6 Å². The summed E-state index contributed by atoms with van der Waals surface area (Å²) in [7, 11) is 0. The molecule has 3 rings (SSSR count). The molecule has 0 aliphatic rings. The highest BCUT2D eigenvalue weighted by Crippen LogP contribution is 2.33. The van der Waals surface area contributed by atoms with Crippen LogP contribution in [0.2, 0.25) is 0 Å². The van der Waals surface area contributed by atoms with Crippen LogP contribution in [0.4, 0.5) is 17.6 Å². The number of rotatable bonds is 5. The summed E-state index contributed by atoms with van der Waals surface area (Å²) in [5.41, 5.74) is 0.121. The van der Waals surface area contributed by atoms with E-state index in [1.807, 2.05) is 0 Å². The Kier molecular flexibility index (Phi) is 4.59. The zero-order chi connectivity index (χ0) is 17.3. The van der Waals surface area contributed by atoms with Gasteiger partial charge in [0, 0.05) is 12.7 Å². The van der Waals surface area contributed by atoms with Crippen molar-refractivity contribution in [1.82, 2.24) is 19.6 Å². The summed E-state index contributed by atoms with van der Waals surface area (Å²) >= 11 is 1.23. The number of benzene rings is 1. The molecule has 1 aromatic carbocycles. The van der Waals surface area contributed by atoms with E-state index in [0.717, 1.165) is 16.5 Å². The second-order valence-electron chi connectivity index (χ2n) is 5.01. The Hall–Kier alpha value is -1.94. The van der Waals surface area contributed by atoms with Gasteiger partial charge in [0.25, 0.3) is 0 Å². The normalized spacial score (nSPS) is 12.4. The number of nitrogens with zero attached hydrogens (tertiary/aromatic N) is 4. The summed E-state index contributed by atoms with van der Waals surface area (Å²) < 4.78 is 53.9. The molecule has 0 aliphatic carbocycles. The van der Waals surface area contributed by atoms with Gasteiger partial charge < -0.3 is 5.11 Å². The van der Waals surface area contributed by atoms with E-state index >= 15 is 0 Å². The molecule has 0 atom stereocenters. The summed E-state index contributed by atoms with van der Waals surface area (Å²) in [5.74, 6) is -1.33. The zero-order valence-corrected chi connectivity index (χ0v) is 13.0. The molecule has 2 aromatic heterocycles. The molecule has 0 fully saturated rings. The van der Waals surface area contributed by atoms with Crippen LogP contribution < -0.4 is 0 Å². The van der Waals surface area contributed by atoms with Crippen molar-refractivity contribution in [2.75, 3.05) is 12.4 Å². The van der Waals surface area contributed by atoms with Crippen LogP contribution in [-0.2, 0) is 6.18 Å². The maximum absolute atomic E-state index is 13.5. The van der Waals surface area contributed by atoms with Gasteiger partial charge in [0.2, 0.25) is 5.82 Å². The lowest BCUT2D eigenvalue weighted by Crippen LogP contribution is -2.12. The number of aliphatic hydroxyl groups excluding tert-OH is 1. The summed E-state index contributed by atoms with van der Waals surface area (Å²) in [5, 5.41) is 15.9. The number of hydrogen-bond acceptors (Lipinski definition) is 5. The molecular weight excluding hydrogens is 348 g/mol. The highest BCUT2D eigenvalue weighted by atomic mass is 32.2. The monoisotopic (exact) mass is 360 g/mol. The van der Waals surface area contributed by atoms with Gasteiger partial charge in [0.15, 0.2) is 5.65 Å². The molecule has 5 nitrogen and oxygen atoms in total. The molecule has 0 saturated heterocycles. The van der Waals surface area contributed by atoms with Crippen molar-refractivity contribution in [2.45, 2.75) is 24.0 Å². The van der Waals surface area contributed by atoms with Gasteiger partial charge in [-0.05, 0) is 30.7 Å². The first kappa shape index (κ1) is 16.9. The molecule has 0 spiro atoms. The first-order valence-electron chi connectivity index (χ1n) is 7.07. The van der Waals surface area contributed by atoms with Crippen molar-refractivity contribution in [3.05, 3.63) is 29.8 Å². The fraction of sp³-hybridized carbons (Fsp3) is 0.357. The fourth-order valence-corrected chi connectivity index (χ4v) is 3.21. The second-order valence-corrected chi connectivity index (χ2v) is 6.09. The van der Waals surface area contributed by atoms with Crippen LogP contribution in [0.25, 0.3) is 16.7 Å². The lowest BCUT2D eigenvalue weighted by molar-refractivity contribution is -0.145. The van der Waals surface area contributed by atoms with Gasteiger partial charge in [-0.2, -0.15) is 13.2 Å². The first-order chi connectivity index (χ1) is 11.4. The van der Waals surface area contributed by atoms with Gasteiger partial charge in [0.1, 0.15) is 10.8 Å². The Morgan fingerprint density at radius 3 is 2.67 bits per heavy atom. The molecule has 3 aromatic rings. The second kappa shape index (κ2) is 6.52. The SMILES string of the molecule is OCCCCSc1nc2ccc(F)cc2n2c(C(F)(F)F)nnc12. The molecular formula is C14H12F4N4OS. The number of hydrogen-bond donors (Lipinski definition) is 1. The minimum absolute atomic E-state index is 0.0398. The van der Waals surface area contributed by atoms with Crippen molar-refractivity contribution >= 4 is 28.4 Å². The maximum atomic E-state index is 13.5. The third-order valence-corrected chi connectivity index (χ3v) is 4.34. The van der Waals surface area contributed by atoms with E-state index in [1.54, 1.807) is 0 Å². The van der Waals surface area contributed by atoms with Crippen LogP contribution in [0.3, 0.4) is 0 Å². The van der Waals surface area contributed by atoms with Crippen LogP contribution in [0.15, 0.2) is 23.2 Å². The van der Waals surface area contributed by atoms with Gasteiger partial charge in [-0.25, -0.2) is 9.37 Å². The van der Waals surface area contributed by atoms with Crippen molar-refractivity contribution in [2.24, 2.45) is 0 Å². The lowest BCUT2D eigenvalue weighted by atomic mass is 10.3. The summed E-state index contributed by atoms with van der Waals surface area (Å²) in [6.45, 7) is 0.0452. The average Bonchev–Trinajstić information content (AvgIpc) is 2.97. The molecule has 0 unspecified atom stereocenters. The van der Waals surface area contributed by atoms with Crippen molar-refractivity contribution in [3.8, 4) is 0 Å². The summed E-state index contributed by atoms with van der Waals surface area (Å²) in [6, 6.07) is 3.44. The molecule has 0 aliphatic heterocycles. The van der Waals surface area contributed by atoms with Crippen LogP contribution >= 0.6 is 11.8 Å². The number of fused-ring (bicyclic) bond motifs is 3. The van der Waals surface area contributed by atoms with Crippen molar-refractivity contribution in [3.63, 3.8) is 0 Å². The Morgan fingerprint density at radius 2 is 1.96 bits per heavy atom. The summed E-state index contributed by atoms with van der Waals surface area (Å²) in [6.07, 6.45) is -3.46. The number of alkyl halides is 3. The zero-order valence-electron chi connectivity index (χ0n) is 12.2. The maximum Gasteiger partial charge on any atom is 0.452 e. The van der Waals surface area contributed by atoms with Gasteiger partial charge >= 0.3 is 6.18 Å². The van der Waals surface area contributed by atoms with Crippen molar-refractivity contribution < 1.29 is 22.7 Å². The predicted molar refractivity (Wildman–Crippen MR) is 80.3 cm³/mol. The van der Waals surface area contributed by atoms with E-state index in [1.165, 1.54) is 17.8 Å². The third-order valence-electron chi connectivity index (χ3n) is 3.30. The fourth-order valence-electron chi connectivity index (χ4n) is 2.24. The van der Waals surface area contributed by atoms with E-state index < -0.39 is 17.8 Å². The third kappa shape index (κ3) is 3.16. The molecule has 0 saturated carbocycles. The predicted octanol–water partition coefficient (Wildman–Crippen LogP) is 3.30. The molecule has 24 heavy (non-hydrogen) atoms. The van der Waals surface area contributed by atoms with Crippen LogP contribution in [0, 0.1) is 5.82 Å². The lowest BCUT2D eigenvalue weighted by Gasteiger charge is -2.09. The quantitative estimate of drug-likeness (QED) is 0.430. The molecule has 1 N–H and O–H groups in total. The number of aromatic nitrogens is 4. The van der Waals surface area contributed by atoms with E-state index in [9.17, 15) is 17.6 Å². The molecule has 2 heterocycles. The van der Waals surface area contributed by atoms with Crippen LogP contribution in [0.1, 0.15) is 18.7 Å². The number of thioether (sulfide) groups is 1. The average molecular weight is 360 g/mol. The van der Waals surface area contributed by atoms with Crippen LogP contribution in [0.5, 0.6) is 0 Å². The Labute approximate surface area is 137 Å². The van der Waals surface area contributed by atoms with Gasteiger partial charge in [-0.1, -0.05) is 0 Å². The van der Waals surface area contributed by atoms with Gasteiger partial charge in [-0.15, -0.1) is 22.0 Å². The molecule has 128 valence electrons. The number of unbranched alkanes of at least 4 members (excludes halogenated alkanes) is 1. The molecule has 10 heteroatoms. The van der Waals surface area contributed by atoms with E-state index in [2.05, 4.69) is 15.2 Å². The number of aliphatic hydroxyl groups is 1. The van der Waals surface area contributed by atoms with E-state index in [-0.39, 0.29) is 28.3 Å². The smallest absolute Gasteiger partial charge is 0.396 e. The molecule has 0 amide bonds. The minimum Gasteiger partial charge on any atom is -0.396 e.